The number of nitrogens with one attached hydrogen (secondary N) is 1. The van der Waals surface area contributed by atoms with Gasteiger partial charge in [0, 0.05) is 12.6 Å². The number of hydrogen-bond acceptors (Lipinski definition) is 3. The van der Waals surface area contributed by atoms with Crippen LogP contribution in [-0.2, 0) is 4.79 Å². The van der Waals surface area contributed by atoms with Crippen LogP contribution in [0.25, 0.3) is 0 Å². The average molecular weight is 227 g/mol. The minimum absolute atomic E-state index is 0.0197. The molecule has 0 bridgehead atoms. The highest BCUT2D eigenvalue weighted by Gasteiger charge is 2.40. The first kappa shape index (κ1) is 13.5. The number of carbonyl (C=O) groups excluding carboxylic acids is 1. The predicted molar refractivity (Wildman–Crippen MR) is 66.1 cm³/mol. The Hall–Kier alpha value is -0.610. The van der Waals surface area contributed by atoms with Gasteiger partial charge in [0.15, 0.2) is 0 Å². The lowest BCUT2D eigenvalue weighted by Gasteiger charge is -2.37. The number of carbonyl (C=O) groups is 1. The lowest BCUT2D eigenvalue weighted by atomic mass is 9.77. The van der Waals surface area contributed by atoms with Gasteiger partial charge in [0.2, 0.25) is 5.91 Å². The lowest BCUT2D eigenvalue weighted by Crippen LogP contribution is -2.60. The fourth-order valence-corrected chi connectivity index (χ4v) is 2.17. The van der Waals surface area contributed by atoms with Crippen molar-refractivity contribution in [2.24, 2.45) is 11.7 Å². The van der Waals surface area contributed by atoms with Crippen LogP contribution in [0.1, 0.15) is 33.1 Å². The largest absolute Gasteiger partial charge is 0.353 e. The smallest absolute Gasteiger partial charge is 0.240 e. The zero-order valence-corrected chi connectivity index (χ0v) is 10.9. The van der Waals surface area contributed by atoms with Crippen molar-refractivity contribution in [2.75, 3.05) is 20.6 Å². The Morgan fingerprint density at radius 1 is 1.44 bits per heavy atom. The third-order valence-corrected chi connectivity index (χ3v) is 3.60. The molecule has 0 spiro atoms. The van der Waals surface area contributed by atoms with E-state index in [1.54, 1.807) is 0 Å². The fraction of sp³-hybridized carbons (Fsp3) is 0.917. The van der Waals surface area contributed by atoms with Crippen LogP contribution in [0.3, 0.4) is 0 Å². The van der Waals surface area contributed by atoms with E-state index in [1.807, 2.05) is 14.1 Å². The van der Waals surface area contributed by atoms with Crippen LogP contribution in [0.5, 0.6) is 0 Å². The number of likely N-dealkylation sites (N-methyl/N-ethyl adjacent to an activating group) is 1. The summed E-state index contributed by atoms with van der Waals surface area (Å²) in [5.74, 6) is 0.539. The molecule has 0 radical (unpaired) electrons. The molecule has 16 heavy (non-hydrogen) atoms. The standard InChI is InChI=1S/C12H25N3O/c1-9(2)10(15(3)4)8-14-11(16)12(13)6-5-7-12/h9-10H,5-8,13H2,1-4H3,(H,14,16). The molecule has 0 saturated heterocycles. The molecule has 0 aromatic heterocycles. The monoisotopic (exact) mass is 227 g/mol. The molecule has 3 N–H and O–H groups in total. The number of nitrogens with two attached hydrogens (primary N) is 1. The van der Waals surface area contributed by atoms with Gasteiger partial charge in [-0.2, -0.15) is 0 Å². The highest BCUT2D eigenvalue weighted by Crippen LogP contribution is 2.29. The summed E-state index contributed by atoms with van der Waals surface area (Å²) in [6, 6.07) is 0.368. The minimum atomic E-state index is -0.576. The normalized spacial score (nSPS) is 20.7. The van der Waals surface area contributed by atoms with E-state index in [2.05, 4.69) is 24.1 Å². The van der Waals surface area contributed by atoms with E-state index in [-0.39, 0.29) is 5.91 Å². The van der Waals surface area contributed by atoms with Crippen molar-refractivity contribution < 1.29 is 4.79 Å². The van der Waals surface area contributed by atoms with Crippen LogP contribution in [0.2, 0.25) is 0 Å². The van der Waals surface area contributed by atoms with Crippen LogP contribution in [0, 0.1) is 5.92 Å². The third-order valence-electron chi connectivity index (χ3n) is 3.60. The molecule has 4 heteroatoms. The van der Waals surface area contributed by atoms with Gasteiger partial charge in [-0.25, -0.2) is 0 Å². The lowest BCUT2D eigenvalue weighted by molar-refractivity contribution is -0.129. The van der Waals surface area contributed by atoms with Gasteiger partial charge in [-0.15, -0.1) is 0 Å². The van der Waals surface area contributed by atoms with Gasteiger partial charge in [-0.1, -0.05) is 13.8 Å². The third kappa shape index (κ3) is 2.95. The SMILES string of the molecule is CC(C)C(CNC(=O)C1(N)CCC1)N(C)C. The first-order valence-corrected chi connectivity index (χ1v) is 6.10. The molecule has 94 valence electrons. The van der Waals surface area contributed by atoms with Crippen LogP contribution in [0.4, 0.5) is 0 Å². The van der Waals surface area contributed by atoms with Crippen molar-refractivity contribution in [1.82, 2.24) is 10.2 Å². The number of amides is 1. The molecule has 1 fully saturated rings. The quantitative estimate of drug-likeness (QED) is 0.722. The zero-order valence-electron chi connectivity index (χ0n) is 10.9. The van der Waals surface area contributed by atoms with Crippen molar-refractivity contribution >= 4 is 5.91 Å². The van der Waals surface area contributed by atoms with Gasteiger partial charge < -0.3 is 16.0 Å². The van der Waals surface area contributed by atoms with Crippen molar-refractivity contribution in [3.63, 3.8) is 0 Å². The van der Waals surface area contributed by atoms with E-state index < -0.39 is 5.54 Å². The summed E-state index contributed by atoms with van der Waals surface area (Å²) in [4.78, 5) is 14.0. The van der Waals surface area contributed by atoms with Crippen molar-refractivity contribution in [1.29, 1.82) is 0 Å². The van der Waals surface area contributed by atoms with Crippen LogP contribution >= 0.6 is 0 Å². The molecule has 1 aliphatic rings. The molecule has 0 aromatic rings. The fourth-order valence-electron chi connectivity index (χ4n) is 2.17. The first-order valence-electron chi connectivity index (χ1n) is 6.10. The van der Waals surface area contributed by atoms with Gasteiger partial charge >= 0.3 is 0 Å². The predicted octanol–water partition coefficient (Wildman–Crippen LogP) is 0.570. The second kappa shape index (κ2) is 5.15. The molecular formula is C12H25N3O. The molecule has 1 unspecified atom stereocenters. The number of nitrogens with zero attached hydrogens (tertiary/aromatic N) is 1. The summed E-state index contributed by atoms with van der Waals surface area (Å²) in [6.07, 6.45) is 2.73. The van der Waals surface area contributed by atoms with Crippen LogP contribution in [-0.4, -0.2) is 43.0 Å². The highest BCUT2D eigenvalue weighted by molar-refractivity contribution is 5.87. The molecule has 1 aliphatic carbocycles. The average Bonchev–Trinajstić information content (AvgIpc) is 2.12. The van der Waals surface area contributed by atoms with Gasteiger partial charge in [-0.3, -0.25) is 4.79 Å². The second-order valence-corrected chi connectivity index (χ2v) is 5.49. The Bertz CT molecular complexity index is 239. The number of rotatable bonds is 5. The zero-order chi connectivity index (χ0) is 12.3. The summed E-state index contributed by atoms with van der Waals surface area (Å²) in [6.45, 7) is 5.01. The summed E-state index contributed by atoms with van der Waals surface area (Å²) < 4.78 is 0. The molecule has 0 aliphatic heterocycles. The van der Waals surface area contributed by atoms with Crippen LogP contribution in [0.15, 0.2) is 0 Å². The molecule has 1 amide bonds. The van der Waals surface area contributed by atoms with Gasteiger partial charge in [0.1, 0.15) is 0 Å². The summed E-state index contributed by atoms with van der Waals surface area (Å²) >= 11 is 0. The van der Waals surface area contributed by atoms with Crippen molar-refractivity contribution in [3.8, 4) is 0 Å². The van der Waals surface area contributed by atoms with E-state index in [1.165, 1.54) is 0 Å². The van der Waals surface area contributed by atoms with E-state index in [9.17, 15) is 4.79 Å². The molecule has 0 heterocycles. The van der Waals surface area contributed by atoms with Gasteiger partial charge in [0.25, 0.3) is 0 Å². The topological polar surface area (TPSA) is 58.4 Å². The highest BCUT2D eigenvalue weighted by atomic mass is 16.2. The molecule has 1 atom stereocenters. The maximum Gasteiger partial charge on any atom is 0.240 e. The number of hydrogen-bond donors (Lipinski definition) is 2. The van der Waals surface area contributed by atoms with Crippen LogP contribution < -0.4 is 11.1 Å². The summed E-state index contributed by atoms with van der Waals surface area (Å²) in [5, 5.41) is 2.98. The van der Waals surface area contributed by atoms with E-state index >= 15 is 0 Å². The summed E-state index contributed by atoms with van der Waals surface area (Å²) in [5.41, 5.74) is 5.38. The van der Waals surface area contributed by atoms with Gasteiger partial charge in [0.05, 0.1) is 5.54 Å². The summed E-state index contributed by atoms with van der Waals surface area (Å²) in [7, 11) is 4.08. The molecule has 1 rings (SSSR count). The molecule has 1 saturated carbocycles. The Morgan fingerprint density at radius 2 is 2.00 bits per heavy atom. The Kier molecular flexibility index (Phi) is 4.33. The van der Waals surface area contributed by atoms with Crippen molar-refractivity contribution in [2.45, 2.75) is 44.7 Å². The molecule has 4 nitrogen and oxygen atoms in total. The Morgan fingerprint density at radius 3 is 2.31 bits per heavy atom. The van der Waals surface area contributed by atoms with E-state index in [4.69, 9.17) is 5.73 Å². The second-order valence-electron chi connectivity index (χ2n) is 5.49. The van der Waals surface area contributed by atoms with E-state index in [0.29, 0.717) is 18.5 Å². The van der Waals surface area contributed by atoms with Crippen molar-refractivity contribution in [3.05, 3.63) is 0 Å². The van der Waals surface area contributed by atoms with Gasteiger partial charge in [-0.05, 0) is 39.3 Å². The Balaban J connectivity index is 2.40. The maximum absolute atomic E-state index is 11.8. The first-order chi connectivity index (χ1) is 7.37. The molecule has 0 aromatic carbocycles. The molecular weight excluding hydrogens is 202 g/mol. The van der Waals surface area contributed by atoms with E-state index in [0.717, 1.165) is 19.3 Å². The minimum Gasteiger partial charge on any atom is -0.353 e. The maximum atomic E-state index is 11.8. The Labute approximate surface area is 98.6 Å².